The zero-order chi connectivity index (χ0) is 15.8. The van der Waals surface area contributed by atoms with E-state index in [1.807, 2.05) is 0 Å². The first-order chi connectivity index (χ1) is 10.1. The van der Waals surface area contributed by atoms with Crippen LogP contribution in [0.1, 0.15) is 0 Å². The summed E-state index contributed by atoms with van der Waals surface area (Å²) in [5, 5.41) is 0. The summed E-state index contributed by atoms with van der Waals surface area (Å²) >= 11 is 0. The number of barbiturate groups is 1. The van der Waals surface area contributed by atoms with Gasteiger partial charge in [-0.3, -0.25) is 9.59 Å². The number of carbonyl (C=O) groups excluding carboxylic acids is 6. The van der Waals surface area contributed by atoms with E-state index >= 15 is 0 Å². The molecule has 1 saturated heterocycles. The van der Waals surface area contributed by atoms with Crippen LogP contribution in [-0.2, 0) is 24.0 Å². The molecule has 0 spiro atoms. The highest BCUT2D eigenvalue weighted by Gasteiger charge is 2.45. The van der Waals surface area contributed by atoms with E-state index < -0.39 is 43.6 Å². The molecule has 0 radical (unpaired) electrons. The number of rotatable bonds is 6. The molecule has 11 heteroatoms. The molecule has 0 aromatic carbocycles. The maximum absolute atomic E-state index is 11.9. The average molecular weight is 293 g/mol. The van der Waals surface area contributed by atoms with Crippen molar-refractivity contribution in [2.45, 2.75) is 0 Å². The third kappa shape index (κ3) is 3.40. The van der Waals surface area contributed by atoms with Crippen molar-refractivity contribution in [1.82, 2.24) is 9.80 Å². The van der Waals surface area contributed by atoms with Crippen LogP contribution in [0.25, 0.3) is 0 Å². The lowest BCUT2D eigenvalue weighted by molar-refractivity contribution is -0.148. The second kappa shape index (κ2) is 7.37. The Labute approximate surface area is 116 Å². The summed E-state index contributed by atoms with van der Waals surface area (Å²) in [6.07, 6.45) is 3.43. The number of nitrogens with zero attached hydrogens (tertiary/aromatic N) is 5. The van der Waals surface area contributed by atoms with E-state index in [9.17, 15) is 28.8 Å². The van der Waals surface area contributed by atoms with Gasteiger partial charge in [-0.05, 0) is 0 Å². The van der Waals surface area contributed by atoms with Crippen molar-refractivity contribution in [3.8, 4) is 0 Å². The minimum atomic E-state index is -1.46. The minimum absolute atomic E-state index is 0.484. The second-order valence-electron chi connectivity index (χ2n) is 3.58. The summed E-state index contributed by atoms with van der Waals surface area (Å²) in [6.45, 7) is -1.84. The van der Waals surface area contributed by atoms with Crippen LogP contribution in [0.15, 0.2) is 15.0 Å². The highest BCUT2D eigenvalue weighted by atomic mass is 16.2. The molecule has 21 heavy (non-hydrogen) atoms. The van der Waals surface area contributed by atoms with Crippen molar-refractivity contribution in [2.75, 3.05) is 19.9 Å². The van der Waals surface area contributed by atoms with Gasteiger partial charge >= 0.3 is 6.03 Å². The quantitative estimate of drug-likeness (QED) is 0.324. The van der Waals surface area contributed by atoms with Crippen molar-refractivity contribution in [2.24, 2.45) is 20.9 Å². The molecule has 11 nitrogen and oxygen atoms in total. The van der Waals surface area contributed by atoms with E-state index in [-0.39, 0.29) is 0 Å². The van der Waals surface area contributed by atoms with Crippen molar-refractivity contribution in [3.63, 3.8) is 0 Å². The largest absolute Gasteiger partial charge is 0.336 e. The van der Waals surface area contributed by atoms with Gasteiger partial charge in [-0.1, -0.05) is 0 Å². The molecular weight excluding hydrogens is 286 g/mol. The number of imide groups is 2. The summed E-state index contributed by atoms with van der Waals surface area (Å²) in [4.78, 5) is 76.3. The molecule has 108 valence electrons. The Morgan fingerprint density at radius 3 is 1.62 bits per heavy atom. The van der Waals surface area contributed by atoms with Crippen molar-refractivity contribution in [1.29, 1.82) is 0 Å². The molecule has 0 atom stereocenters. The predicted octanol–water partition coefficient (Wildman–Crippen LogP) is -1.68. The summed E-state index contributed by atoms with van der Waals surface area (Å²) in [6, 6.07) is -1.10. The van der Waals surface area contributed by atoms with Gasteiger partial charge in [-0.25, -0.2) is 34.0 Å². The molecule has 0 N–H and O–H groups in total. The first-order valence-electron chi connectivity index (χ1n) is 5.36. The van der Waals surface area contributed by atoms with Crippen LogP contribution in [0.4, 0.5) is 4.79 Å². The first kappa shape index (κ1) is 15.8. The smallest absolute Gasteiger partial charge is 0.273 e. The lowest BCUT2D eigenvalue weighted by atomic mass is 10.0. The number of amides is 4. The van der Waals surface area contributed by atoms with E-state index in [4.69, 9.17) is 0 Å². The zero-order valence-electron chi connectivity index (χ0n) is 10.4. The van der Waals surface area contributed by atoms with Gasteiger partial charge in [0.25, 0.3) is 0 Å². The van der Waals surface area contributed by atoms with Crippen molar-refractivity contribution >= 4 is 36.1 Å². The maximum Gasteiger partial charge on any atom is 0.336 e. The highest BCUT2D eigenvalue weighted by Crippen LogP contribution is 2.18. The van der Waals surface area contributed by atoms with Crippen LogP contribution < -0.4 is 0 Å². The topological polar surface area (TPSA) is 146 Å². The first-order valence-corrected chi connectivity index (χ1v) is 5.36. The highest BCUT2D eigenvalue weighted by molar-refractivity contribution is 6.16. The molecule has 1 rings (SSSR count). The van der Waals surface area contributed by atoms with Gasteiger partial charge in [0.05, 0.1) is 6.54 Å². The van der Waals surface area contributed by atoms with Gasteiger partial charge in [-0.2, -0.15) is 9.98 Å². The Bertz CT molecular complexity index is 508. The summed E-state index contributed by atoms with van der Waals surface area (Å²) in [5.74, 6) is -3.42. The fraction of sp³-hybridized carbons (Fsp3) is 0.400. The number of urea groups is 1. The van der Waals surface area contributed by atoms with E-state index in [0.717, 1.165) is 18.2 Å². The molecular formula is C10H7N5O6. The van der Waals surface area contributed by atoms with E-state index in [0.29, 0.717) is 9.80 Å². The van der Waals surface area contributed by atoms with Gasteiger partial charge in [-0.15, -0.1) is 0 Å². The Hall–Kier alpha value is -3.25. The number of hydrogen-bond donors (Lipinski definition) is 0. The molecule has 0 unspecified atom stereocenters. The van der Waals surface area contributed by atoms with Crippen molar-refractivity contribution < 1.29 is 28.8 Å². The number of aliphatic imine (C=N–C) groups is 3. The standard InChI is InChI=1S/C10H7N5O6/c16-4-11-1-7-8(19)14(2-12-5-17)10(21)15(9(7)20)3-13-6-18/h7H,1-3H2. The van der Waals surface area contributed by atoms with Crippen LogP contribution in [0.3, 0.4) is 0 Å². The normalized spacial score (nSPS) is 17.7. The molecule has 0 saturated carbocycles. The van der Waals surface area contributed by atoms with Gasteiger partial charge < -0.3 is 0 Å². The SMILES string of the molecule is O=C=NCC1C(=O)N(CN=C=O)C(=O)N(CN=C=O)C1=O. The van der Waals surface area contributed by atoms with Crippen LogP contribution in [0.5, 0.6) is 0 Å². The summed E-state index contributed by atoms with van der Waals surface area (Å²) in [5.41, 5.74) is 0. The van der Waals surface area contributed by atoms with E-state index in [1.165, 1.54) is 0 Å². The third-order valence-electron chi connectivity index (χ3n) is 2.48. The molecule has 1 aliphatic heterocycles. The van der Waals surface area contributed by atoms with Gasteiger partial charge in [0.2, 0.25) is 30.1 Å². The summed E-state index contributed by atoms with van der Waals surface area (Å²) < 4.78 is 0. The number of hydrogen-bond acceptors (Lipinski definition) is 9. The van der Waals surface area contributed by atoms with Gasteiger partial charge in [0.1, 0.15) is 19.3 Å². The molecule has 0 bridgehead atoms. The summed E-state index contributed by atoms with van der Waals surface area (Å²) in [7, 11) is 0. The molecule has 0 aliphatic carbocycles. The Morgan fingerprint density at radius 2 is 1.24 bits per heavy atom. The van der Waals surface area contributed by atoms with Gasteiger partial charge in [0.15, 0.2) is 0 Å². The van der Waals surface area contributed by atoms with Crippen LogP contribution >= 0.6 is 0 Å². The monoisotopic (exact) mass is 293 g/mol. The number of carbonyl (C=O) groups is 3. The number of isocyanates is 3. The minimum Gasteiger partial charge on any atom is -0.273 e. The molecule has 1 aliphatic rings. The Kier molecular flexibility index (Phi) is 5.54. The predicted molar refractivity (Wildman–Crippen MR) is 61.5 cm³/mol. The second-order valence-corrected chi connectivity index (χ2v) is 3.58. The van der Waals surface area contributed by atoms with Gasteiger partial charge in [0, 0.05) is 0 Å². The Morgan fingerprint density at radius 1 is 0.810 bits per heavy atom. The Balaban J connectivity index is 3.15. The molecule has 1 fully saturated rings. The lowest BCUT2D eigenvalue weighted by Gasteiger charge is -2.34. The fourth-order valence-corrected chi connectivity index (χ4v) is 1.56. The van der Waals surface area contributed by atoms with Crippen LogP contribution in [-0.4, -0.2) is 65.8 Å². The molecule has 4 amide bonds. The van der Waals surface area contributed by atoms with E-state index in [2.05, 4.69) is 15.0 Å². The third-order valence-corrected chi connectivity index (χ3v) is 2.48. The molecule has 0 aromatic rings. The van der Waals surface area contributed by atoms with Crippen molar-refractivity contribution in [3.05, 3.63) is 0 Å². The average Bonchev–Trinajstić information content (AvgIpc) is 2.47. The zero-order valence-corrected chi connectivity index (χ0v) is 10.4. The molecule has 1 heterocycles. The van der Waals surface area contributed by atoms with Crippen LogP contribution in [0.2, 0.25) is 0 Å². The van der Waals surface area contributed by atoms with Crippen LogP contribution in [0, 0.1) is 5.92 Å². The lowest BCUT2D eigenvalue weighted by Crippen LogP contribution is -2.60. The molecule has 0 aromatic heterocycles. The van der Waals surface area contributed by atoms with E-state index in [1.54, 1.807) is 0 Å². The fourth-order valence-electron chi connectivity index (χ4n) is 1.56. The maximum atomic E-state index is 11.9.